The summed E-state index contributed by atoms with van der Waals surface area (Å²) in [6, 6.07) is 0. The average molecular weight is 236 g/mol. The van der Waals surface area contributed by atoms with E-state index in [0.29, 0.717) is 13.2 Å². The van der Waals surface area contributed by atoms with Crippen LogP contribution in [0.15, 0.2) is 12.7 Å². The SMILES string of the molecule is C=CC(=O)OCCP(=O)(OCC)OCC. The molecule has 0 fully saturated rings. The highest BCUT2D eigenvalue weighted by Gasteiger charge is 2.23. The van der Waals surface area contributed by atoms with Crippen LogP contribution in [0.4, 0.5) is 0 Å². The van der Waals surface area contributed by atoms with Crippen molar-refractivity contribution in [1.82, 2.24) is 0 Å². The summed E-state index contributed by atoms with van der Waals surface area (Å²) in [7, 11) is -3.10. The molecule has 0 amide bonds. The largest absolute Gasteiger partial charge is 0.462 e. The Hall–Kier alpha value is -0.640. The van der Waals surface area contributed by atoms with E-state index in [0.717, 1.165) is 6.08 Å². The van der Waals surface area contributed by atoms with Crippen molar-refractivity contribution in [3.05, 3.63) is 12.7 Å². The number of carbonyl (C=O) groups is 1. The summed E-state index contributed by atoms with van der Waals surface area (Å²) in [4.78, 5) is 10.7. The van der Waals surface area contributed by atoms with E-state index in [2.05, 4.69) is 6.58 Å². The van der Waals surface area contributed by atoms with E-state index in [1.807, 2.05) is 0 Å². The second kappa shape index (κ2) is 7.63. The third-order valence-electron chi connectivity index (χ3n) is 1.43. The zero-order valence-electron chi connectivity index (χ0n) is 9.10. The molecule has 0 aromatic heterocycles. The van der Waals surface area contributed by atoms with E-state index >= 15 is 0 Å². The van der Waals surface area contributed by atoms with Crippen molar-refractivity contribution in [1.29, 1.82) is 0 Å². The summed E-state index contributed by atoms with van der Waals surface area (Å²) in [6.07, 6.45) is 1.11. The summed E-state index contributed by atoms with van der Waals surface area (Å²) < 4.78 is 26.5. The first-order chi connectivity index (χ1) is 7.08. The van der Waals surface area contributed by atoms with Gasteiger partial charge in [-0.05, 0) is 13.8 Å². The van der Waals surface area contributed by atoms with Gasteiger partial charge in [0.05, 0.1) is 19.4 Å². The first kappa shape index (κ1) is 14.4. The van der Waals surface area contributed by atoms with Crippen LogP contribution < -0.4 is 0 Å². The predicted molar refractivity (Wildman–Crippen MR) is 56.9 cm³/mol. The molecule has 0 heterocycles. The number of hydrogen-bond acceptors (Lipinski definition) is 5. The molecular formula is C9H17O5P. The summed E-state index contributed by atoms with van der Waals surface area (Å²) in [5.74, 6) is -0.547. The summed E-state index contributed by atoms with van der Waals surface area (Å²) in [5, 5.41) is 0. The molecule has 0 radical (unpaired) electrons. The van der Waals surface area contributed by atoms with Crippen LogP contribution in [0.2, 0.25) is 0 Å². The zero-order chi connectivity index (χ0) is 11.7. The maximum atomic E-state index is 11.8. The maximum Gasteiger partial charge on any atom is 0.334 e. The number of ether oxygens (including phenoxy) is 1. The molecule has 88 valence electrons. The van der Waals surface area contributed by atoms with E-state index in [1.165, 1.54) is 0 Å². The molecule has 0 aliphatic heterocycles. The van der Waals surface area contributed by atoms with Gasteiger partial charge in [-0.2, -0.15) is 0 Å². The van der Waals surface area contributed by atoms with Crippen molar-refractivity contribution in [2.45, 2.75) is 13.8 Å². The lowest BCUT2D eigenvalue weighted by Crippen LogP contribution is -2.09. The van der Waals surface area contributed by atoms with Gasteiger partial charge in [-0.3, -0.25) is 4.57 Å². The van der Waals surface area contributed by atoms with Gasteiger partial charge in [0.15, 0.2) is 0 Å². The van der Waals surface area contributed by atoms with Crippen molar-refractivity contribution < 1.29 is 23.1 Å². The van der Waals surface area contributed by atoms with Crippen LogP contribution in [0.1, 0.15) is 13.8 Å². The highest BCUT2D eigenvalue weighted by Crippen LogP contribution is 2.47. The van der Waals surface area contributed by atoms with Crippen molar-refractivity contribution in [2.24, 2.45) is 0 Å². The van der Waals surface area contributed by atoms with Crippen molar-refractivity contribution >= 4 is 13.6 Å². The quantitative estimate of drug-likeness (QED) is 0.366. The van der Waals surface area contributed by atoms with Crippen LogP contribution >= 0.6 is 7.60 Å². The van der Waals surface area contributed by atoms with Gasteiger partial charge in [-0.15, -0.1) is 0 Å². The van der Waals surface area contributed by atoms with Gasteiger partial charge in [0.25, 0.3) is 0 Å². The Kier molecular flexibility index (Phi) is 7.30. The van der Waals surface area contributed by atoms with Gasteiger partial charge < -0.3 is 13.8 Å². The third-order valence-corrected chi connectivity index (χ3v) is 3.46. The molecule has 0 aliphatic rings. The molecule has 0 spiro atoms. The second-order valence-electron chi connectivity index (χ2n) is 2.54. The molecule has 0 rings (SSSR count). The third kappa shape index (κ3) is 6.44. The molecule has 0 aromatic carbocycles. The molecular weight excluding hydrogens is 219 g/mol. The highest BCUT2D eigenvalue weighted by atomic mass is 31.2. The Morgan fingerprint density at radius 2 is 1.87 bits per heavy atom. The average Bonchev–Trinajstić information content (AvgIpc) is 2.18. The van der Waals surface area contributed by atoms with Gasteiger partial charge in [0.2, 0.25) is 0 Å². The fourth-order valence-corrected chi connectivity index (χ4v) is 2.31. The van der Waals surface area contributed by atoms with E-state index < -0.39 is 13.6 Å². The van der Waals surface area contributed by atoms with E-state index in [4.69, 9.17) is 13.8 Å². The van der Waals surface area contributed by atoms with Crippen molar-refractivity contribution in [3.63, 3.8) is 0 Å². The topological polar surface area (TPSA) is 61.8 Å². The number of hydrogen-bond donors (Lipinski definition) is 0. The molecule has 0 N–H and O–H groups in total. The zero-order valence-corrected chi connectivity index (χ0v) is 10.00. The molecule has 0 aliphatic carbocycles. The number of carbonyl (C=O) groups excluding carboxylic acids is 1. The minimum absolute atomic E-state index is 0.00211. The van der Waals surface area contributed by atoms with Crippen LogP contribution in [0.5, 0.6) is 0 Å². The lowest BCUT2D eigenvalue weighted by atomic mass is 10.6. The maximum absolute atomic E-state index is 11.8. The van der Waals surface area contributed by atoms with Gasteiger partial charge in [0.1, 0.15) is 6.61 Å². The normalized spacial score (nSPS) is 11.1. The molecule has 0 aromatic rings. The Morgan fingerprint density at radius 1 is 1.33 bits per heavy atom. The Labute approximate surface area is 89.9 Å². The summed E-state index contributed by atoms with van der Waals surface area (Å²) in [5.41, 5.74) is 0. The molecule has 0 saturated heterocycles. The standard InChI is InChI=1S/C9H17O5P/c1-4-9(10)12-7-8-15(11,13-5-2)14-6-3/h4H,1,5-8H2,2-3H3. The molecule has 0 atom stereocenters. The van der Waals surface area contributed by atoms with Gasteiger partial charge in [-0.25, -0.2) is 4.79 Å². The van der Waals surface area contributed by atoms with Crippen LogP contribution in [0.3, 0.4) is 0 Å². The molecule has 0 bridgehead atoms. The number of rotatable bonds is 8. The lowest BCUT2D eigenvalue weighted by Gasteiger charge is -2.16. The molecule has 15 heavy (non-hydrogen) atoms. The Bertz CT molecular complexity index is 241. The Balaban J connectivity index is 4.01. The molecule has 0 unspecified atom stereocenters. The Morgan fingerprint density at radius 3 is 2.27 bits per heavy atom. The predicted octanol–water partition coefficient (Wildman–Crippen LogP) is 1.98. The smallest absolute Gasteiger partial charge is 0.334 e. The van der Waals surface area contributed by atoms with E-state index in [9.17, 15) is 9.36 Å². The number of esters is 1. The van der Waals surface area contributed by atoms with Crippen molar-refractivity contribution in [3.8, 4) is 0 Å². The minimum atomic E-state index is -3.10. The van der Waals surface area contributed by atoms with Gasteiger partial charge in [0, 0.05) is 6.08 Å². The van der Waals surface area contributed by atoms with Crippen LogP contribution in [0, 0.1) is 0 Å². The summed E-state index contributed by atoms with van der Waals surface area (Å²) >= 11 is 0. The second-order valence-corrected chi connectivity index (χ2v) is 4.73. The van der Waals surface area contributed by atoms with Crippen LogP contribution in [0.25, 0.3) is 0 Å². The van der Waals surface area contributed by atoms with E-state index in [1.54, 1.807) is 13.8 Å². The van der Waals surface area contributed by atoms with Crippen LogP contribution in [-0.4, -0.2) is 32.0 Å². The van der Waals surface area contributed by atoms with E-state index in [-0.39, 0.29) is 12.8 Å². The summed E-state index contributed by atoms with van der Waals surface area (Å²) in [6.45, 7) is 7.29. The van der Waals surface area contributed by atoms with Crippen molar-refractivity contribution in [2.75, 3.05) is 26.0 Å². The lowest BCUT2D eigenvalue weighted by molar-refractivity contribution is -0.137. The first-order valence-corrected chi connectivity index (χ1v) is 6.48. The highest BCUT2D eigenvalue weighted by molar-refractivity contribution is 7.53. The fraction of sp³-hybridized carbons (Fsp3) is 0.667. The monoisotopic (exact) mass is 236 g/mol. The fourth-order valence-electron chi connectivity index (χ4n) is 0.877. The first-order valence-electron chi connectivity index (χ1n) is 4.75. The van der Waals surface area contributed by atoms with Gasteiger partial charge >= 0.3 is 13.6 Å². The molecule has 0 saturated carbocycles. The molecule has 5 nitrogen and oxygen atoms in total. The van der Waals surface area contributed by atoms with Crippen LogP contribution in [-0.2, 0) is 23.1 Å². The minimum Gasteiger partial charge on any atom is -0.462 e. The van der Waals surface area contributed by atoms with Gasteiger partial charge in [-0.1, -0.05) is 6.58 Å². The molecule has 6 heteroatoms.